The molecule has 1 N–H and O–H groups in total. The molecule has 0 spiro atoms. The highest BCUT2D eigenvalue weighted by Crippen LogP contribution is 2.21. The van der Waals surface area contributed by atoms with E-state index in [-0.39, 0.29) is 11.9 Å². The molecule has 2 atom stereocenters. The second kappa shape index (κ2) is 8.12. The standard InChI is InChI=1S/C17H20ClN3O3S/c1-2-23-16(22)13-6-4-8-20(10-13)11-21-17(25)24-15(19-21)12-5-3-7-14(18)9-12/h3,5,7,9,13H,2,4,6,8,10-11H2,1H3/p+1/t13-/m1/s1. The van der Waals surface area contributed by atoms with Gasteiger partial charge < -0.3 is 14.1 Å². The largest absolute Gasteiger partial charge is 0.466 e. The molecule has 1 fully saturated rings. The molecule has 2 heterocycles. The molecular formula is C17H21ClN3O3S+. The third kappa shape index (κ3) is 4.48. The van der Waals surface area contributed by atoms with E-state index in [0.717, 1.165) is 31.5 Å². The molecule has 134 valence electrons. The number of piperidine rings is 1. The van der Waals surface area contributed by atoms with Gasteiger partial charge in [0.15, 0.2) is 6.67 Å². The summed E-state index contributed by atoms with van der Waals surface area (Å²) in [6.45, 7) is 4.51. The van der Waals surface area contributed by atoms with Gasteiger partial charge >= 0.3 is 5.97 Å². The zero-order chi connectivity index (χ0) is 17.8. The summed E-state index contributed by atoms with van der Waals surface area (Å²) in [7, 11) is 0. The van der Waals surface area contributed by atoms with Crippen LogP contribution in [0.5, 0.6) is 0 Å². The lowest BCUT2D eigenvalue weighted by Gasteiger charge is -2.28. The van der Waals surface area contributed by atoms with E-state index in [2.05, 4.69) is 5.10 Å². The number of halogens is 1. The topological polar surface area (TPSA) is 61.7 Å². The molecule has 0 aliphatic carbocycles. The number of aromatic nitrogens is 2. The van der Waals surface area contributed by atoms with Crippen LogP contribution < -0.4 is 4.90 Å². The Kier molecular flexibility index (Phi) is 5.88. The predicted molar refractivity (Wildman–Crippen MR) is 95.8 cm³/mol. The number of rotatable bonds is 5. The smallest absolute Gasteiger partial charge is 0.314 e. The number of nitrogens with zero attached hydrogens (tertiary/aromatic N) is 2. The Morgan fingerprint density at radius 3 is 3.16 bits per heavy atom. The molecule has 1 aliphatic rings. The molecule has 1 aromatic carbocycles. The van der Waals surface area contributed by atoms with E-state index < -0.39 is 0 Å². The highest BCUT2D eigenvalue weighted by atomic mass is 35.5. The molecule has 2 aromatic rings. The van der Waals surface area contributed by atoms with Gasteiger partial charge in [0.1, 0.15) is 5.92 Å². The molecule has 3 rings (SSSR count). The molecule has 1 unspecified atom stereocenters. The van der Waals surface area contributed by atoms with Gasteiger partial charge in [0, 0.05) is 10.6 Å². The third-order valence-corrected chi connectivity index (χ3v) is 4.82. The van der Waals surface area contributed by atoms with Crippen LogP contribution in [0.3, 0.4) is 0 Å². The van der Waals surface area contributed by atoms with Crippen molar-refractivity contribution in [3.63, 3.8) is 0 Å². The number of ether oxygens (including phenoxy) is 1. The van der Waals surface area contributed by atoms with Crippen molar-refractivity contribution >= 4 is 29.8 Å². The zero-order valence-electron chi connectivity index (χ0n) is 14.0. The highest BCUT2D eigenvalue weighted by molar-refractivity contribution is 7.71. The summed E-state index contributed by atoms with van der Waals surface area (Å²) in [6, 6.07) is 7.30. The van der Waals surface area contributed by atoms with Crippen molar-refractivity contribution in [1.29, 1.82) is 0 Å². The van der Waals surface area contributed by atoms with E-state index in [9.17, 15) is 4.79 Å². The molecule has 0 radical (unpaired) electrons. The maximum Gasteiger partial charge on any atom is 0.314 e. The Bertz CT molecular complexity index is 804. The third-order valence-electron chi connectivity index (χ3n) is 4.29. The van der Waals surface area contributed by atoms with Gasteiger partial charge in [0.2, 0.25) is 5.89 Å². The molecular weight excluding hydrogens is 362 g/mol. The average molecular weight is 383 g/mol. The summed E-state index contributed by atoms with van der Waals surface area (Å²) < 4.78 is 12.4. The first-order chi connectivity index (χ1) is 12.1. The number of hydrogen-bond acceptors (Lipinski definition) is 5. The van der Waals surface area contributed by atoms with E-state index in [1.165, 1.54) is 4.90 Å². The number of benzene rings is 1. The fourth-order valence-electron chi connectivity index (χ4n) is 3.11. The Labute approximate surface area is 156 Å². The first-order valence-corrected chi connectivity index (χ1v) is 9.19. The fraction of sp³-hybridized carbons (Fsp3) is 0.471. The first kappa shape index (κ1) is 18.1. The number of likely N-dealkylation sites (tertiary alicyclic amines) is 1. The van der Waals surface area contributed by atoms with Crippen LogP contribution in [-0.4, -0.2) is 35.4 Å². The van der Waals surface area contributed by atoms with E-state index in [1.54, 1.807) is 16.8 Å². The van der Waals surface area contributed by atoms with Crippen LogP contribution in [0.4, 0.5) is 0 Å². The Balaban J connectivity index is 1.71. The van der Waals surface area contributed by atoms with Crippen LogP contribution in [0.2, 0.25) is 5.02 Å². The van der Waals surface area contributed by atoms with Gasteiger partial charge in [0.05, 0.1) is 19.7 Å². The Hall–Kier alpha value is -1.70. The number of nitrogens with one attached hydrogen (secondary N) is 1. The second-order valence-electron chi connectivity index (χ2n) is 6.14. The summed E-state index contributed by atoms with van der Waals surface area (Å²) >= 11 is 11.3. The number of carbonyl (C=O) groups excluding carboxylic acids is 1. The Morgan fingerprint density at radius 1 is 1.56 bits per heavy atom. The van der Waals surface area contributed by atoms with Crippen molar-refractivity contribution in [2.45, 2.75) is 26.4 Å². The average Bonchev–Trinajstić information content (AvgIpc) is 2.96. The van der Waals surface area contributed by atoms with Gasteiger partial charge in [-0.1, -0.05) is 17.7 Å². The highest BCUT2D eigenvalue weighted by Gasteiger charge is 2.30. The van der Waals surface area contributed by atoms with Crippen LogP contribution in [-0.2, 0) is 16.2 Å². The maximum atomic E-state index is 12.0. The maximum absolute atomic E-state index is 12.0. The molecule has 0 amide bonds. The van der Waals surface area contributed by atoms with E-state index in [1.807, 2.05) is 19.1 Å². The fourth-order valence-corrected chi connectivity index (χ4v) is 3.49. The predicted octanol–water partition coefficient (Wildman–Crippen LogP) is 2.34. The molecule has 25 heavy (non-hydrogen) atoms. The lowest BCUT2D eigenvalue weighted by Crippen LogP contribution is -3.13. The van der Waals surface area contributed by atoms with Crippen molar-refractivity contribution in [2.75, 3.05) is 19.7 Å². The van der Waals surface area contributed by atoms with Gasteiger partial charge in [-0.15, -0.1) is 5.10 Å². The van der Waals surface area contributed by atoms with Crippen LogP contribution in [0.1, 0.15) is 19.8 Å². The molecule has 6 nitrogen and oxygen atoms in total. The van der Waals surface area contributed by atoms with Crippen LogP contribution in [0, 0.1) is 10.8 Å². The first-order valence-electron chi connectivity index (χ1n) is 8.41. The van der Waals surface area contributed by atoms with Crippen LogP contribution in [0.25, 0.3) is 11.5 Å². The van der Waals surface area contributed by atoms with Crippen molar-refractivity contribution in [3.05, 3.63) is 34.1 Å². The minimum atomic E-state index is -0.108. The summed E-state index contributed by atoms with van der Waals surface area (Å²) in [5.41, 5.74) is 0.787. The minimum Gasteiger partial charge on any atom is -0.466 e. The van der Waals surface area contributed by atoms with Gasteiger partial charge in [-0.05, 0) is 50.2 Å². The number of hydrogen-bond donors (Lipinski definition) is 1. The van der Waals surface area contributed by atoms with E-state index in [0.29, 0.717) is 29.0 Å². The normalized spacial score (nSPS) is 20.4. The molecule has 0 saturated carbocycles. The SMILES string of the molecule is CCOC(=O)[C@@H]1CCC[NH+](Cn2nc(-c3cccc(Cl)c3)oc2=S)C1. The van der Waals surface area contributed by atoms with Crippen molar-refractivity contribution in [3.8, 4) is 11.5 Å². The van der Waals surface area contributed by atoms with Gasteiger partial charge in [-0.25, -0.2) is 0 Å². The summed E-state index contributed by atoms with van der Waals surface area (Å²) in [6.07, 6.45) is 1.85. The quantitative estimate of drug-likeness (QED) is 0.635. The summed E-state index contributed by atoms with van der Waals surface area (Å²) in [5.74, 6) is 0.283. The summed E-state index contributed by atoms with van der Waals surface area (Å²) in [5, 5.41) is 5.09. The van der Waals surface area contributed by atoms with Gasteiger partial charge in [-0.3, -0.25) is 4.79 Å². The van der Waals surface area contributed by atoms with Crippen LogP contribution in [0.15, 0.2) is 28.7 Å². The second-order valence-corrected chi connectivity index (χ2v) is 6.92. The number of esters is 1. The van der Waals surface area contributed by atoms with Crippen molar-refractivity contribution in [1.82, 2.24) is 9.78 Å². The van der Waals surface area contributed by atoms with Crippen molar-refractivity contribution < 1.29 is 18.8 Å². The number of quaternary nitrogens is 1. The van der Waals surface area contributed by atoms with Crippen molar-refractivity contribution in [2.24, 2.45) is 5.92 Å². The number of carbonyl (C=O) groups is 1. The van der Waals surface area contributed by atoms with Gasteiger partial charge in [-0.2, -0.15) is 4.68 Å². The molecule has 1 saturated heterocycles. The van der Waals surface area contributed by atoms with Crippen LogP contribution >= 0.6 is 23.8 Å². The zero-order valence-corrected chi connectivity index (χ0v) is 15.6. The van der Waals surface area contributed by atoms with E-state index in [4.69, 9.17) is 33.0 Å². The Morgan fingerprint density at radius 2 is 2.40 bits per heavy atom. The summed E-state index contributed by atoms with van der Waals surface area (Å²) in [4.78, 5) is 13.5. The monoisotopic (exact) mass is 382 g/mol. The van der Waals surface area contributed by atoms with Gasteiger partial charge in [0.25, 0.3) is 4.84 Å². The molecule has 0 bridgehead atoms. The molecule has 8 heteroatoms. The van der Waals surface area contributed by atoms with E-state index >= 15 is 0 Å². The molecule has 1 aliphatic heterocycles. The lowest BCUT2D eigenvalue weighted by molar-refractivity contribution is -0.930. The minimum absolute atomic E-state index is 0.0582. The lowest BCUT2D eigenvalue weighted by atomic mass is 9.99. The molecule has 1 aromatic heterocycles.